The van der Waals surface area contributed by atoms with Gasteiger partial charge in [-0.05, 0) is 37.6 Å². The van der Waals surface area contributed by atoms with Gasteiger partial charge in [-0.15, -0.1) is 0 Å². The maximum Gasteiger partial charge on any atom is 0.155 e. The van der Waals surface area contributed by atoms with Crippen LogP contribution in [0.5, 0.6) is 0 Å². The van der Waals surface area contributed by atoms with Crippen LogP contribution in [0.25, 0.3) is 16.9 Å². The second-order valence-electron chi connectivity index (χ2n) is 4.56. The van der Waals surface area contributed by atoms with Gasteiger partial charge in [0.1, 0.15) is 5.82 Å². The van der Waals surface area contributed by atoms with E-state index in [4.69, 9.17) is 11.6 Å². The molecule has 0 unspecified atom stereocenters. The lowest BCUT2D eigenvalue weighted by molar-refractivity contribution is 1.15. The van der Waals surface area contributed by atoms with E-state index in [2.05, 4.69) is 49.2 Å². The van der Waals surface area contributed by atoms with Crippen LogP contribution in [0.3, 0.4) is 0 Å². The van der Waals surface area contributed by atoms with Gasteiger partial charge < -0.3 is 0 Å². The molecular weight excluding hydrogens is 244 g/mol. The number of benzene rings is 1. The van der Waals surface area contributed by atoms with E-state index < -0.39 is 0 Å². The number of fused-ring (bicyclic) bond motifs is 1. The van der Waals surface area contributed by atoms with E-state index in [-0.39, 0.29) is 0 Å². The molecular formula is C15H13ClN2. The largest absolute Gasteiger partial charge is 0.298 e. The molecule has 3 aromatic rings. The number of hydrogen-bond donors (Lipinski definition) is 0. The Morgan fingerprint density at radius 2 is 1.83 bits per heavy atom. The number of rotatable bonds is 1. The van der Waals surface area contributed by atoms with Gasteiger partial charge in [-0.3, -0.25) is 4.40 Å². The lowest BCUT2D eigenvalue weighted by atomic mass is 10.1. The quantitative estimate of drug-likeness (QED) is 0.636. The molecule has 0 atom stereocenters. The molecule has 0 aliphatic carbocycles. The molecule has 0 N–H and O–H groups in total. The van der Waals surface area contributed by atoms with Crippen molar-refractivity contribution >= 4 is 17.1 Å². The van der Waals surface area contributed by atoms with Crippen molar-refractivity contribution in [3.63, 3.8) is 0 Å². The molecule has 1 aromatic carbocycles. The summed E-state index contributed by atoms with van der Waals surface area (Å²) >= 11 is 6.21. The zero-order valence-corrected chi connectivity index (χ0v) is 11.1. The van der Waals surface area contributed by atoms with Crippen LogP contribution in [0.15, 0.2) is 42.6 Å². The number of imidazole rings is 1. The standard InChI is InChI=1S/C15H13ClN2/c1-10-4-3-5-12(8-10)15-17-14(16)13-9-11(2)6-7-18(13)15/h3-9H,1-2H3. The highest BCUT2D eigenvalue weighted by Gasteiger charge is 2.11. The number of halogens is 1. The highest BCUT2D eigenvalue weighted by atomic mass is 35.5. The topological polar surface area (TPSA) is 17.3 Å². The Labute approximate surface area is 111 Å². The summed E-state index contributed by atoms with van der Waals surface area (Å²) in [5.41, 5.74) is 4.43. The van der Waals surface area contributed by atoms with Crippen molar-refractivity contribution in [1.82, 2.24) is 9.38 Å². The van der Waals surface area contributed by atoms with Gasteiger partial charge >= 0.3 is 0 Å². The first-order valence-electron chi connectivity index (χ1n) is 5.86. The van der Waals surface area contributed by atoms with Crippen LogP contribution < -0.4 is 0 Å². The first-order chi connectivity index (χ1) is 8.65. The van der Waals surface area contributed by atoms with Gasteiger partial charge in [-0.2, -0.15) is 0 Å². The van der Waals surface area contributed by atoms with Crippen LogP contribution in [-0.2, 0) is 0 Å². The van der Waals surface area contributed by atoms with Gasteiger partial charge in [0.05, 0.1) is 5.52 Å². The zero-order valence-electron chi connectivity index (χ0n) is 10.3. The third kappa shape index (κ3) is 1.79. The molecule has 0 spiro atoms. The molecule has 3 heteroatoms. The van der Waals surface area contributed by atoms with Crippen LogP contribution in [0.1, 0.15) is 11.1 Å². The SMILES string of the molecule is Cc1cccc(-c2nc(Cl)c3cc(C)ccn23)c1. The highest BCUT2D eigenvalue weighted by molar-refractivity contribution is 6.32. The number of aryl methyl sites for hydroxylation is 2. The Bertz CT molecular complexity index is 728. The summed E-state index contributed by atoms with van der Waals surface area (Å²) in [5.74, 6) is 0.888. The molecule has 0 bridgehead atoms. The number of nitrogens with zero attached hydrogens (tertiary/aromatic N) is 2. The Hall–Kier alpha value is -1.80. The number of pyridine rings is 1. The van der Waals surface area contributed by atoms with Gasteiger partial charge in [0, 0.05) is 11.8 Å². The molecule has 0 amide bonds. The minimum absolute atomic E-state index is 0.551. The normalized spacial score (nSPS) is 11.1. The van der Waals surface area contributed by atoms with E-state index >= 15 is 0 Å². The first kappa shape index (κ1) is 11.3. The molecule has 0 aliphatic rings. The summed E-state index contributed by atoms with van der Waals surface area (Å²) < 4.78 is 2.03. The molecule has 2 nitrogen and oxygen atoms in total. The first-order valence-corrected chi connectivity index (χ1v) is 6.24. The smallest absolute Gasteiger partial charge is 0.155 e. The van der Waals surface area contributed by atoms with Crippen LogP contribution in [0, 0.1) is 13.8 Å². The number of hydrogen-bond acceptors (Lipinski definition) is 1. The fourth-order valence-corrected chi connectivity index (χ4v) is 2.37. The Morgan fingerprint density at radius 1 is 1.06 bits per heavy atom. The molecule has 90 valence electrons. The maximum atomic E-state index is 6.21. The second kappa shape index (κ2) is 4.14. The van der Waals surface area contributed by atoms with Gasteiger partial charge in [0.15, 0.2) is 5.15 Å². The minimum Gasteiger partial charge on any atom is -0.298 e. The van der Waals surface area contributed by atoms with Gasteiger partial charge in [0.25, 0.3) is 0 Å². The van der Waals surface area contributed by atoms with E-state index in [1.54, 1.807) is 0 Å². The highest BCUT2D eigenvalue weighted by Crippen LogP contribution is 2.26. The predicted molar refractivity (Wildman–Crippen MR) is 75.1 cm³/mol. The minimum atomic E-state index is 0.551. The van der Waals surface area contributed by atoms with Gasteiger partial charge in [-0.1, -0.05) is 35.4 Å². The van der Waals surface area contributed by atoms with Crippen molar-refractivity contribution < 1.29 is 0 Å². The average molecular weight is 257 g/mol. The third-order valence-electron chi connectivity index (χ3n) is 3.03. The Balaban J connectivity index is 2.30. The zero-order chi connectivity index (χ0) is 12.7. The van der Waals surface area contributed by atoms with E-state index in [1.165, 1.54) is 11.1 Å². The Kier molecular flexibility index (Phi) is 2.60. The van der Waals surface area contributed by atoms with Crippen molar-refractivity contribution in [3.05, 3.63) is 58.9 Å². The second-order valence-corrected chi connectivity index (χ2v) is 4.91. The van der Waals surface area contributed by atoms with Crippen molar-refractivity contribution in [2.45, 2.75) is 13.8 Å². The molecule has 0 aliphatic heterocycles. The van der Waals surface area contributed by atoms with Crippen molar-refractivity contribution in [3.8, 4) is 11.4 Å². The predicted octanol–water partition coefficient (Wildman–Crippen LogP) is 4.27. The van der Waals surface area contributed by atoms with Crippen LogP contribution in [0.2, 0.25) is 5.15 Å². The van der Waals surface area contributed by atoms with Crippen LogP contribution in [-0.4, -0.2) is 9.38 Å². The summed E-state index contributed by atoms with van der Waals surface area (Å²) in [5, 5.41) is 0.551. The van der Waals surface area contributed by atoms with Crippen molar-refractivity contribution in [1.29, 1.82) is 0 Å². The maximum absolute atomic E-state index is 6.21. The van der Waals surface area contributed by atoms with E-state index in [1.807, 2.05) is 16.7 Å². The molecule has 0 saturated heterocycles. The van der Waals surface area contributed by atoms with E-state index in [9.17, 15) is 0 Å². The van der Waals surface area contributed by atoms with E-state index in [0.717, 1.165) is 16.9 Å². The summed E-state index contributed by atoms with van der Waals surface area (Å²) in [4.78, 5) is 4.47. The molecule has 2 aromatic heterocycles. The van der Waals surface area contributed by atoms with Gasteiger partial charge in [0.2, 0.25) is 0 Å². The van der Waals surface area contributed by atoms with Crippen molar-refractivity contribution in [2.75, 3.05) is 0 Å². The summed E-state index contributed by atoms with van der Waals surface area (Å²) in [6, 6.07) is 12.4. The summed E-state index contributed by atoms with van der Waals surface area (Å²) in [7, 11) is 0. The lowest BCUT2D eigenvalue weighted by Crippen LogP contribution is -1.89. The summed E-state index contributed by atoms with van der Waals surface area (Å²) in [6.45, 7) is 4.13. The van der Waals surface area contributed by atoms with Gasteiger partial charge in [-0.25, -0.2) is 4.98 Å². The molecule has 0 fully saturated rings. The Morgan fingerprint density at radius 3 is 2.61 bits per heavy atom. The number of aromatic nitrogens is 2. The molecule has 18 heavy (non-hydrogen) atoms. The summed E-state index contributed by atoms with van der Waals surface area (Å²) in [6.07, 6.45) is 2.02. The molecule has 2 heterocycles. The van der Waals surface area contributed by atoms with Crippen molar-refractivity contribution in [2.24, 2.45) is 0 Å². The molecule has 3 rings (SSSR count). The monoisotopic (exact) mass is 256 g/mol. The third-order valence-corrected chi connectivity index (χ3v) is 3.31. The van der Waals surface area contributed by atoms with Crippen LogP contribution >= 0.6 is 11.6 Å². The van der Waals surface area contributed by atoms with Crippen LogP contribution in [0.4, 0.5) is 0 Å². The fourth-order valence-electron chi connectivity index (χ4n) is 2.14. The fraction of sp³-hybridized carbons (Fsp3) is 0.133. The van der Waals surface area contributed by atoms with E-state index in [0.29, 0.717) is 5.15 Å². The lowest BCUT2D eigenvalue weighted by Gasteiger charge is -2.02. The average Bonchev–Trinajstić information content (AvgIpc) is 2.67. The molecule has 0 radical (unpaired) electrons. The molecule has 0 saturated carbocycles.